The fraction of sp³-hybridized carbons (Fsp3) is 0.400. The fourth-order valence-corrected chi connectivity index (χ4v) is 3.38. The molecule has 0 unspecified atom stereocenters. The number of amides is 1. The smallest absolute Gasteiger partial charge is 0.244 e. The molecular weight excluding hydrogens is 366 g/mol. The Hall–Kier alpha value is -2.47. The van der Waals surface area contributed by atoms with Crippen molar-refractivity contribution < 1.29 is 14.3 Å². The molecule has 1 atom stereocenters. The second kappa shape index (κ2) is 8.05. The summed E-state index contributed by atoms with van der Waals surface area (Å²) in [6.07, 6.45) is 4.17. The van der Waals surface area contributed by atoms with Gasteiger partial charge < -0.3 is 14.8 Å². The lowest BCUT2D eigenvalue weighted by atomic mass is 10.1. The molecule has 1 N–H and O–H groups in total. The van der Waals surface area contributed by atoms with E-state index in [1.165, 1.54) is 6.08 Å². The lowest BCUT2D eigenvalue weighted by Crippen LogP contribution is -2.20. The van der Waals surface area contributed by atoms with Crippen LogP contribution in [0.5, 0.6) is 11.5 Å². The summed E-state index contributed by atoms with van der Waals surface area (Å²) < 4.78 is 13.1. The third kappa shape index (κ3) is 4.27. The molecule has 1 aromatic heterocycles. The highest BCUT2D eigenvalue weighted by atomic mass is 35.5. The van der Waals surface area contributed by atoms with E-state index in [-0.39, 0.29) is 12.0 Å². The Morgan fingerprint density at radius 3 is 2.96 bits per heavy atom. The van der Waals surface area contributed by atoms with E-state index in [2.05, 4.69) is 10.4 Å². The number of aryl methyl sites for hydroxylation is 2. The topological polar surface area (TPSA) is 65.4 Å². The molecule has 6 nitrogen and oxygen atoms in total. The maximum atomic E-state index is 12.2. The zero-order chi connectivity index (χ0) is 19.6. The maximum absolute atomic E-state index is 12.2. The summed E-state index contributed by atoms with van der Waals surface area (Å²) in [4.78, 5) is 12.2. The average molecular weight is 390 g/mol. The lowest BCUT2D eigenvalue weighted by molar-refractivity contribution is -0.116. The molecule has 0 fully saturated rings. The number of benzene rings is 1. The first kappa shape index (κ1) is 19.3. The molecule has 2 heterocycles. The summed E-state index contributed by atoms with van der Waals surface area (Å²) in [5.74, 6) is 1.43. The first-order valence-electron chi connectivity index (χ1n) is 8.99. The number of aromatic nitrogens is 2. The second-order valence-corrected chi connectivity index (χ2v) is 6.96. The molecule has 0 spiro atoms. The quantitative estimate of drug-likeness (QED) is 0.768. The number of carbonyl (C=O) groups excluding carboxylic acids is 1. The monoisotopic (exact) mass is 389 g/mol. The van der Waals surface area contributed by atoms with E-state index in [0.717, 1.165) is 40.3 Å². The summed E-state index contributed by atoms with van der Waals surface area (Å²) in [5, 5.41) is 7.61. The van der Waals surface area contributed by atoms with Crippen LogP contribution in [0.2, 0.25) is 5.15 Å². The first-order valence-corrected chi connectivity index (χ1v) is 9.37. The van der Waals surface area contributed by atoms with Gasteiger partial charge in [-0.05, 0) is 39.0 Å². The van der Waals surface area contributed by atoms with Crippen LogP contribution in [0.15, 0.2) is 18.2 Å². The number of carbonyl (C=O) groups is 1. The Balaban J connectivity index is 1.70. The Labute approximate surface area is 164 Å². The average Bonchev–Trinajstić information content (AvgIpc) is 3.09. The Bertz CT molecular complexity index is 889. The van der Waals surface area contributed by atoms with E-state index in [1.807, 2.05) is 32.9 Å². The maximum Gasteiger partial charge on any atom is 0.244 e. The van der Waals surface area contributed by atoms with Crippen molar-refractivity contribution in [2.24, 2.45) is 7.05 Å². The van der Waals surface area contributed by atoms with Crippen LogP contribution in [0.3, 0.4) is 0 Å². The molecule has 144 valence electrons. The van der Waals surface area contributed by atoms with Gasteiger partial charge in [-0.25, -0.2) is 0 Å². The Morgan fingerprint density at radius 2 is 2.30 bits per heavy atom. The normalized spacial score (nSPS) is 15.7. The van der Waals surface area contributed by atoms with Crippen molar-refractivity contribution in [1.29, 1.82) is 0 Å². The van der Waals surface area contributed by atoms with Gasteiger partial charge in [0.05, 0.1) is 12.3 Å². The van der Waals surface area contributed by atoms with E-state index in [0.29, 0.717) is 18.3 Å². The van der Waals surface area contributed by atoms with Gasteiger partial charge in [0.2, 0.25) is 5.91 Å². The molecule has 0 saturated carbocycles. The van der Waals surface area contributed by atoms with Crippen molar-refractivity contribution >= 4 is 23.6 Å². The summed E-state index contributed by atoms with van der Waals surface area (Å²) in [7, 11) is 1.76. The van der Waals surface area contributed by atoms with Gasteiger partial charge in [-0.15, -0.1) is 0 Å². The zero-order valence-corrected chi connectivity index (χ0v) is 16.8. The SMILES string of the molecule is CCOc1cc2c(cc1CNC(=O)/C=C/c1c(C)nn(C)c1Cl)O[C@@H](C)C2. The zero-order valence-electron chi connectivity index (χ0n) is 16.0. The van der Waals surface area contributed by atoms with Crippen molar-refractivity contribution in [3.05, 3.63) is 45.7 Å². The largest absolute Gasteiger partial charge is 0.494 e. The summed E-state index contributed by atoms with van der Waals surface area (Å²) in [5.41, 5.74) is 3.55. The molecule has 0 radical (unpaired) electrons. The predicted octanol–water partition coefficient (Wildman–Crippen LogP) is 3.43. The highest BCUT2D eigenvalue weighted by Crippen LogP contribution is 2.35. The minimum Gasteiger partial charge on any atom is -0.494 e. The van der Waals surface area contributed by atoms with Gasteiger partial charge in [0.15, 0.2) is 0 Å². The van der Waals surface area contributed by atoms with Gasteiger partial charge in [-0.1, -0.05) is 11.6 Å². The molecule has 7 heteroatoms. The predicted molar refractivity (Wildman–Crippen MR) is 105 cm³/mol. The van der Waals surface area contributed by atoms with Crippen LogP contribution in [0.4, 0.5) is 0 Å². The van der Waals surface area contributed by atoms with Crippen LogP contribution in [0.25, 0.3) is 6.08 Å². The van der Waals surface area contributed by atoms with E-state index >= 15 is 0 Å². The van der Waals surface area contributed by atoms with Crippen molar-refractivity contribution in [1.82, 2.24) is 15.1 Å². The number of fused-ring (bicyclic) bond motifs is 1. The van der Waals surface area contributed by atoms with Gasteiger partial charge >= 0.3 is 0 Å². The number of hydrogen-bond acceptors (Lipinski definition) is 4. The first-order chi connectivity index (χ1) is 12.9. The summed E-state index contributed by atoms with van der Waals surface area (Å²) >= 11 is 6.18. The number of rotatable bonds is 6. The fourth-order valence-electron chi connectivity index (χ4n) is 3.15. The Kier molecular flexibility index (Phi) is 5.75. The van der Waals surface area contributed by atoms with E-state index < -0.39 is 0 Å². The molecule has 27 heavy (non-hydrogen) atoms. The van der Waals surface area contributed by atoms with Crippen LogP contribution in [0, 0.1) is 6.92 Å². The summed E-state index contributed by atoms with van der Waals surface area (Å²) in [6.45, 7) is 6.75. The van der Waals surface area contributed by atoms with Gasteiger partial charge in [0.25, 0.3) is 0 Å². The highest BCUT2D eigenvalue weighted by molar-refractivity contribution is 6.31. The standard InChI is InChI=1S/C20H24ClN3O3/c1-5-26-17-9-14-8-12(2)27-18(14)10-15(17)11-22-19(25)7-6-16-13(3)23-24(4)20(16)21/h6-7,9-10,12H,5,8,11H2,1-4H3,(H,22,25)/b7-6+/t12-/m0/s1. The number of nitrogens with one attached hydrogen (secondary N) is 1. The molecule has 1 amide bonds. The minimum atomic E-state index is -0.216. The van der Waals surface area contributed by atoms with E-state index in [1.54, 1.807) is 17.8 Å². The van der Waals surface area contributed by atoms with Crippen molar-refractivity contribution in [3.63, 3.8) is 0 Å². The van der Waals surface area contributed by atoms with E-state index in [9.17, 15) is 4.79 Å². The number of hydrogen-bond donors (Lipinski definition) is 1. The molecule has 0 bridgehead atoms. The van der Waals surface area contributed by atoms with Gasteiger partial charge in [-0.2, -0.15) is 5.10 Å². The van der Waals surface area contributed by atoms with E-state index in [4.69, 9.17) is 21.1 Å². The van der Waals surface area contributed by atoms with Crippen LogP contribution in [0.1, 0.15) is 36.2 Å². The van der Waals surface area contributed by atoms with Gasteiger partial charge in [0, 0.05) is 42.8 Å². The van der Waals surface area contributed by atoms with Gasteiger partial charge in [0.1, 0.15) is 22.8 Å². The Morgan fingerprint density at radius 1 is 1.52 bits per heavy atom. The molecule has 0 aliphatic carbocycles. The molecule has 1 aromatic carbocycles. The van der Waals surface area contributed by atoms with Crippen molar-refractivity contribution in [2.45, 2.75) is 39.8 Å². The van der Waals surface area contributed by atoms with Crippen LogP contribution < -0.4 is 14.8 Å². The third-order valence-corrected chi connectivity index (χ3v) is 4.88. The van der Waals surface area contributed by atoms with Crippen LogP contribution in [-0.4, -0.2) is 28.4 Å². The van der Waals surface area contributed by atoms with Crippen LogP contribution >= 0.6 is 11.6 Å². The number of nitrogens with zero attached hydrogens (tertiary/aromatic N) is 2. The van der Waals surface area contributed by atoms with Gasteiger partial charge in [-0.3, -0.25) is 9.48 Å². The molecule has 0 saturated heterocycles. The third-order valence-electron chi connectivity index (χ3n) is 4.43. The van der Waals surface area contributed by atoms with Crippen molar-refractivity contribution in [2.75, 3.05) is 6.61 Å². The number of halogens is 1. The molecule has 3 rings (SSSR count). The molecule has 1 aliphatic heterocycles. The minimum absolute atomic E-state index is 0.162. The molecular formula is C20H24ClN3O3. The number of ether oxygens (including phenoxy) is 2. The van der Waals surface area contributed by atoms with Crippen LogP contribution in [-0.2, 0) is 24.8 Å². The molecule has 1 aliphatic rings. The molecule has 2 aromatic rings. The second-order valence-electron chi connectivity index (χ2n) is 6.60. The lowest BCUT2D eigenvalue weighted by Gasteiger charge is -2.13. The summed E-state index contributed by atoms with van der Waals surface area (Å²) in [6, 6.07) is 3.97. The van der Waals surface area contributed by atoms with Crippen molar-refractivity contribution in [3.8, 4) is 11.5 Å². The highest BCUT2D eigenvalue weighted by Gasteiger charge is 2.22.